The lowest BCUT2D eigenvalue weighted by molar-refractivity contribution is -0.384. The maximum Gasteiger partial charge on any atom is 0.270 e. The number of aromatic nitrogens is 1. The summed E-state index contributed by atoms with van der Waals surface area (Å²) in [6.07, 6.45) is 5.13. The van der Waals surface area contributed by atoms with Crippen molar-refractivity contribution in [1.29, 1.82) is 0 Å². The third kappa shape index (κ3) is 4.47. The van der Waals surface area contributed by atoms with E-state index < -0.39 is 4.92 Å². The summed E-state index contributed by atoms with van der Waals surface area (Å²) in [5.41, 5.74) is 3.83. The average molecular weight is 448 g/mol. The van der Waals surface area contributed by atoms with E-state index in [0.29, 0.717) is 11.5 Å². The molecule has 142 valence electrons. The first-order chi connectivity index (χ1) is 14.1. The van der Waals surface area contributed by atoms with Crippen LogP contribution in [0.3, 0.4) is 0 Å². The number of hydrogen-bond acceptors (Lipinski definition) is 5. The number of fused-ring (bicyclic) bond motifs is 1. The molecule has 4 aromatic rings. The minimum Gasteiger partial charge on any atom is -0.436 e. The number of oxazole rings is 1. The van der Waals surface area contributed by atoms with Crippen LogP contribution in [0.25, 0.3) is 28.6 Å². The van der Waals surface area contributed by atoms with Crippen molar-refractivity contribution >= 4 is 50.7 Å². The highest BCUT2D eigenvalue weighted by Gasteiger charge is 2.08. The Morgan fingerprint density at radius 2 is 1.90 bits per heavy atom. The smallest absolute Gasteiger partial charge is 0.270 e. The van der Waals surface area contributed by atoms with Crippen molar-refractivity contribution in [2.75, 3.05) is 0 Å². The second kappa shape index (κ2) is 8.20. The molecule has 0 saturated carbocycles. The van der Waals surface area contributed by atoms with Crippen LogP contribution >= 0.6 is 15.9 Å². The monoisotopic (exact) mass is 447 g/mol. The molecule has 0 radical (unpaired) electrons. The maximum absolute atomic E-state index is 10.8. The van der Waals surface area contributed by atoms with Crippen LogP contribution in [0.15, 0.2) is 86.7 Å². The summed E-state index contributed by atoms with van der Waals surface area (Å²) >= 11 is 3.41. The molecule has 0 spiro atoms. The fourth-order valence-corrected chi connectivity index (χ4v) is 3.00. The second-order valence-electron chi connectivity index (χ2n) is 6.17. The quantitative estimate of drug-likeness (QED) is 0.196. The van der Waals surface area contributed by atoms with E-state index in [1.54, 1.807) is 30.5 Å². The van der Waals surface area contributed by atoms with Crippen molar-refractivity contribution in [2.45, 2.75) is 0 Å². The van der Waals surface area contributed by atoms with Gasteiger partial charge in [0.25, 0.3) is 5.69 Å². The van der Waals surface area contributed by atoms with E-state index in [4.69, 9.17) is 4.42 Å². The van der Waals surface area contributed by atoms with Gasteiger partial charge in [0.15, 0.2) is 5.58 Å². The Kier molecular flexibility index (Phi) is 5.31. The van der Waals surface area contributed by atoms with Crippen molar-refractivity contribution in [3.8, 4) is 11.5 Å². The predicted octanol–water partition coefficient (Wildman–Crippen LogP) is 6.58. The Bertz CT molecular complexity index is 1240. The van der Waals surface area contributed by atoms with Crippen LogP contribution in [0.5, 0.6) is 0 Å². The molecule has 0 aliphatic carbocycles. The van der Waals surface area contributed by atoms with Gasteiger partial charge < -0.3 is 4.42 Å². The number of non-ortho nitro benzene ring substituents is 1. The van der Waals surface area contributed by atoms with Crippen molar-refractivity contribution in [3.63, 3.8) is 0 Å². The number of halogens is 1. The van der Waals surface area contributed by atoms with Crippen molar-refractivity contribution in [3.05, 3.63) is 93.0 Å². The fraction of sp³-hybridized carbons (Fsp3) is 0. The summed E-state index contributed by atoms with van der Waals surface area (Å²) < 4.78 is 6.81. The van der Waals surface area contributed by atoms with Crippen molar-refractivity contribution < 1.29 is 9.34 Å². The molecule has 0 amide bonds. The van der Waals surface area contributed by atoms with Gasteiger partial charge in [-0.25, -0.2) is 4.98 Å². The van der Waals surface area contributed by atoms with E-state index in [1.165, 1.54) is 12.1 Å². The fourth-order valence-electron chi connectivity index (χ4n) is 2.74. The molecule has 0 aliphatic rings. The van der Waals surface area contributed by atoms with Gasteiger partial charge in [-0.2, -0.15) is 0 Å². The minimum absolute atomic E-state index is 0.0575. The lowest BCUT2D eigenvalue weighted by Gasteiger charge is -1.94. The van der Waals surface area contributed by atoms with Gasteiger partial charge >= 0.3 is 0 Å². The molecule has 4 rings (SSSR count). The van der Waals surface area contributed by atoms with Gasteiger partial charge in [0, 0.05) is 28.4 Å². The number of nitro groups is 1. The molecule has 1 heterocycles. The van der Waals surface area contributed by atoms with E-state index in [2.05, 4.69) is 25.9 Å². The molecule has 3 aromatic carbocycles. The molecule has 6 nitrogen and oxygen atoms in total. The molecule has 1 aromatic heterocycles. The van der Waals surface area contributed by atoms with Crippen LogP contribution < -0.4 is 0 Å². The highest BCUT2D eigenvalue weighted by atomic mass is 79.9. The number of allylic oxidation sites excluding steroid dienone is 1. The first kappa shape index (κ1) is 18.8. The molecule has 0 bridgehead atoms. The third-order valence-electron chi connectivity index (χ3n) is 4.14. The van der Waals surface area contributed by atoms with E-state index in [-0.39, 0.29) is 5.69 Å². The zero-order valence-electron chi connectivity index (χ0n) is 15.0. The number of aliphatic imine (C=N–C) groups is 1. The number of nitro benzene ring substituents is 1. The molecule has 0 unspecified atom stereocenters. The largest absolute Gasteiger partial charge is 0.436 e. The van der Waals surface area contributed by atoms with Crippen LogP contribution in [0.1, 0.15) is 5.56 Å². The van der Waals surface area contributed by atoms with Gasteiger partial charge in [0.2, 0.25) is 5.89 Å². The van der Waals surface area contributed by atoms with E-state index >= 15 is 0 Å². The zero-order chi connectivity index (χ0) is 20.2. The first-order valence-corrected chi connectivity index (χ1v) is 9.49. The van der Waals surface area contributed by atoms with Gasteiger partial charge in [-0.05, 0) is 54.1 Å². The molecular weight excluding hydrogens is 434 g/mol. The summed E-state index contributed by atoms with van der Waals surface area (Å²) in [6.45, 7) is 0. The first-order valence-electron chi connectivity index (χ1n) is 8.70. The van der Waals surface area contributed by atoms with E-state index in [9.17, 15) is 10.1 Å². The lowest BCUT2D eigenvalue weighted by atomic mass is 10.2. The summed E-state index contributed by atoms with van der Waals surface area (Å²) in [7, 11) is 0. The second-order valence-corrected chi connectivity index (χ2v) is 7.08. The highest BCUT2D eigenvalue weighted by Crippen LogP contribution is 2.27. The summed E-state index contributed by atoms with van der Waals surface area (Å²) in [6, 6.07) is 19.7. The molecule has 0 saturated heterocycles. The van der Waals surface area contributed by atoms with Crippen LogP contribution in [0.4, 0.5) is 11.4 Å². The predicted molar refractivity (Wildman–Crippen MR) is 117 cm³/mol. The van der Waals surface area contributed by atoms with Crippen LogP contribution in [0, 0.1) is 10.1 Å². The van der Waals surface area contributed by atoms with Crippen LogP contribution in [-0.4, -0.2) is 16.1 Å². The number of rotatable bonds is 5. The molecule has 7 heteroatoms. The van der Waals surface area contributed by atoms with Gasteiger partial charge in [-0.1, -0.05) is 34.1 Å². The van der Waals surface area contributed by atoms with Crippen molar-refractivity contribution in [1.82, 2.24) is 4.98 Å². The Balaban J connectivity index is 1.51. The average Bonchev–Trinajstić information content (AvgIpc) is 3.15. The Morgan fingerprint density at radius 1 is 1.07 bits per heavy atom. The molecule has 29 heavy (non-hydrogen) atoms. The van der Waals surface area contributed by atoms with Crippen LogP contribution in [0.2, 0.25) is 0 Å². The third-order valence-corrected chi connectivity index (χ3v) is 4.67. The van der Waals surface area contributed by atoms with Gasteiger partial charge in [0.05, 0.1) is 10.6 Å². The molecule has 0 atom stereocenters. The Morgan fingerprint density at radius 3 is 2.69 bits per heavy atom. The van der Waals surface area contributed by atoms with E-state index in [0.717, 1.165) is 26.8 Å². The van der Waals surface area contributed by atoms with Gasteiger partial charge in [-0.15, -0.1) is 0 Å². The molecular formula is C22H14BrN3O3. The highest BCUT2D eigenvalue weighted by molar-refractivity contribution is 9.10. The SMILES string of the molecule is O=[N+]([O-])c1cccc(/C=C/C=Nc2ccc3oc(-c4ccc(Br)cc4)nc3c2)c1. The Labute approximate surface area is 174 Å². The zero-order valence-corrected chi connectivity index (χ0v) is 16.6. The number of hydrogen-bond donors (Lipinski definition) is 0. The number of benzene rings is 3. The Hall–Kier alpha value is -3.58. The van der Waals surface area contributed by atoms with E-state index in [1.807, 2.05) is 42.5 Å². The topological polar surface area (TPSA) is 81.5 Å². The molecule has 0 fully saturated rings. The van der Waals surface area contributed by atoms with Crippen LogP contribution in [-0.2, 0) is 0 Å². The summed E-state index contributed by atoms with van der Waals surface area (Å²) in [4.78, 5) is 19.3. The maximum atomic E-state index is 10.8. The normalized spacial score (nSPS) is 11.6. The summed E-state index contributed by atoms with van der Waals surface area (Å²) in [5.74, 6) is 0.555. The lowest BCUT2D eigenvalue weighted by Crippen LogP contribution is -1.87. The molecule has 0 aliphatic heterocycles. The number of nitrogens with zero attached hydrogens (tertiary/aromatic N) is 3. The molecule has 0 N–H and O–H groups in total. The van der Waals surface area contributed by atoms with Crippen molar-refractivity contribution in [2.24, 2.45) is 4.99 Å². The van der Waals surface area contributed by atoms with Gasteiger partial charge in [-0.3, -0.25) is 15.1 Å². The minimum atomic E-state index is -0.416. The standard InChI is InChI=1S/C22H14BrN3O3/c23-17-8-6-16(7-9-17)22-25-20-14-18(10-11-21(20)29-22)24-12-2-4-15-3-1-5-19(13-15)26(27)28/h1-14H/b4-2+,24-12?. The van der Waals surface area contributed by atoms with Gasteiger partial charge in [0.1, 0.15) is 5.52 Å². The summed E-state index contributed by atoms with van der Waals surface area (Å²) in [5, 5.41) is 10.8.